The fraction of sp³-hybridized carbons (Fsp3) is 0.345. The highest BCUT2D eigenvalue weighted by atomic mass is 19.1. The van der Waals surface area contributed by atoms with Crippen LogP contribution in [0.25, 0.3) is 0 Å². The summed E-state index contributed by atoms with van der Waals surface area (Å²) in [5.74, 6) is -6.64. The third-order valence-electron chi connectivity index (χ3n) is 8.33. The van der Waals surface area contributed by atoms with Gasteiger partial charge in [0.05, 0.1) is 24.7 Å². The number of aromatic nitrogens is 2. The predicted octanol–water partition coefficient (Wildman–Crippen LogP) is 2.58. The Morgan fingerprint density at radius 2 is 1.93 bits per heavy atom. The number of pyridine rings is 2. The van der Waals surface area contributed by atoms with Crippen molar-refractivity contribution in [3.05, 3.63) is 92.9 Å². The van der Waals surface area contributed by atoms with Gasteiger partial charge in [0, 0.05) is 49.2 Å². The number of rotatable bonds is 5. The lowest BCUT2D eigenvalue weighted by molar-refractivity contribution is -0.218. The average Bonchev–Trinajstić information content (AvgIpc) is 3.22. The lowest BCUT2D eigenvalue weighted by Crippen LogP contribution is -2.52. The molecule has 2 bridgehead atoms. The molecule has 3 aliphatic rings. The summed E-state index contributed by atoms with van der Waals surface area (Å²) in [6.45, 7) is 1.22. The smallest absolute Gasteiger partial charge is 0.274 e. The SMILES string of the molecule is C[C@H]1CC[C@]2(CC(=O)N(Cc3ccccn3)O2)[C@H]2CN1C(=O)c1c(O)c(=O)c(C(=O)NCc3c(F)cc(F)cc3F)cn12. The summed E-state index contributed by atoms with van der Waals surface area (Å²) < 4.78 is 42.8. The van der Waals surface area contributed by atoms with E-state index in [0.29, 0.717) is 30.7 Å². The summed E-state index contributed by atoms with van der Waals surface area (Å²) in [5, 5.41) is 14.4. The molecular formula is C29H26F3N5O6. The van der Waals surface area contributed by atoms with Gasteiger partial charge in [0.2, 0.25) is 11.3 Å². The fourth-order valence-electron chi connectivity index (χ4n) is 6.03. The second-order valence-corrected chi connectivity index (χ2v) is 11.0. The number of halogens is 3. The van der Waals surface area contributed by atoms with Crippen molar-refractivity contribution in [1.29, 1.82) is 0 Å². The van der Waals surface area contributed by atoms with Crippen LogP contribution in [0.3, 0.4) is 0 Å². The number of carbonyl (C=O) groups excluding carboxylic acids is 3. The third kappa shape index (κ3) is 4.80. The zero-order chi connectivity index (χ0) is 30.6. The largest absolute Gasteiger partial charge is 0.503 e. The number of nitrogens with one attached hydrogen (secondary N) is 1. The molecule has 2 N–H and O–H groups in total. The highest BCUT2D eigenvalue weighted by Crippen LogP contribution is 2.47. The molecule has 0 saturated carbocycles. The molecule has 2 fully saturated rings. The number of carbonyl (C=O) groups is 3. The summed E-state index contributed by atoms with van der Waals surface area (Å²) in [4.78, 5) is 65.0. The van der Waals surface area contributed by atoms with Gasteiger partial charge in [-0.15, -0.1) is 0 Å². The van der Waals surface area contributed by atoms with E-state index >= 15 is 0 Å². The van der Waals surface area contributed by atoms with Gasteiger partial charge in [0.15, 0.2) is 11.4 Å². The molecule has 3 aromatic rings. The first-order valence-corrected chi connectivity index (χ1v) is 13.6. The number of fused-ring (bicyclic) bond motifs is 5. The Morgan fingerprint density at radius 1 is 1.19 bits per heavy atom. The van der Waals surface area contributed by atoms with Crippen LogP contribution in [0.1, 0.15) is 64.3 Å². The van der Waals surface area contributed by atoms with Crippen LogP contribution in [-0.2, 0) is 22.7 Å². The van der Waals surface area contributed by atoms with Crippen LogP contribution < -0.4 is 10.7 Å². The summed E-state index contributed by atoms with van der Waals surface area (Å²) >= 11 is 0. The maximum atomic E-state index is 14.1. The molecule has 43 heavy (non-hydrogen) atoms. The van der Waals surface area contributed by atoms with Gasteiger partial charge in [-0.1, -0.05) is 6.07 Å². The maximum absolute atomic E-state index is 14.1. The van der Waals surface area contributed by atoms with E-state index in [4.69, 9.17) is 4.84 Å². The summed E-state index contributed by atoms with van der Waals surface area (Å²) in [5.41, 5.74) is -3.37. The minimum absolute atomic E-state index is 0.0626. The highest BCUT2D eigenvalue weighted by molar-refractivity contribution is 5.99. The van der Waals surface area contributed by atoms with Gasteiger partial charge < -0.3 is 19.9 Å². The molecule has 3 atom stereocenters. The quantitative estimate of drug-likeness (QED) is 0.462. The van der Waals surface area contributed by atoms with Crippen molar-refractivity contribution in [2.24, 2.45) is 0 Å². The first-order chi connectivity index (χ1) is 20.5. The van der Waals surface area contributed by atoms with E-state index in [-0.39, 0.29) is 37.2 Å². The fourth-order valence-corrected chi connectivity index (χ4v) is 6.03. The molecule has 0 aliphatic carbocycles. The van der Waals surface area contributed by atoms with Crippen molar-refractivity contribution in [2.75, 3.05) is 6.54 Å². The van der Waals surface area contributed by atoms with E-state index < -0.39 is 69.8 Å². The van der Waals surface area contributed by atoms with E-state index in [9.17, 15) is 37.5 Å². The van der Waals surface area contributed by atoms with Gasteiger partial charge in [-0.05, 0) is 31.9 Å². The number of hydroxylamine groups is 2. The van der Waals surface area contributed by atoms with E-state index in [1.54, 1.807) is 24.4 Å². The van der Waals surface area contributed by atoms with Gasteiger partial charge in [0.25, 0.3) is 11.8 Å². The molecule has 1 spiro atoms. The summed E-state index contributed by atoms with van der Waals surface area (Å²) in [6, 6.07) is 5.05. The zero-order valence-corrected chi connectivity index (χ0v) is 22.8. The second-order valence-electron chi connectivity index (χ2n) is 11.0. The average molecular weight is 598 g/mol. The van der Waals surface area contributed by atoms with Crippen molar-refractivity contribution in [3.63, 3.8) is 0 Å². The van der Waals surface area contributed by atoms with Gasteiger partial charge in [-0.2, -0.15) is 0 Å². The molecule has 14 heteroatoms. The van der Waals surface area contributed by atoms with Crippen LogP contribution in [0.4, 0.5) is 13.2 Å². The van der Waals surface area contributed by atoms with E-state index in [1.165, 1.54) is 14.5 Å². The standard InChI is InChI=1S/C29H26F3N5O6/c1-15-5-6-29(10-23(38)37(43-29)12-17-4-2-3-7-33-17)22-14-35(15)28(42)24-26(40)25(39)19(13-36(22)24)27(41)34-11-18-20(31)8-16(30)9-21(18)32/h2-4,7-9,13,15,22,40H,5-6,10-12,14H2,1H3,(H,34,41)/t15-,22+,29-/m0/s1. The van der Waals surface area contributed by atoms with Crippen LogP contribution in [0.5, 0.6) is 5.75 Å². The van der Waals surface area contributed by atoms with Crippen molar-refractivity contribution in [1.82, 2.24) is 24.8 Å². The van der Waals surface area contributed by atoms with E-state index in [2.05, 4.69) is 10.3 Å². The molecule has 5 heterocycles. The number of amides is 3. The molecule has 3 aliphatic heterocycles. The minimum Gasteiger partial charge on any atom is -0.503 e. The molecule has 0 unspecified atom stereocenters. The molecule has 2 saturated heterocycles. The van der Waals surface area contributed by atoms with Crippen LogP contribution in [0.2, 0.25) is 0 Å². The van der Waals surface area contributed by atoms with Crippen molar-refractivity contribution in [2.45, 2.75) is 57.0 Å². The molecule has 11 nitrogen and oxygen atoms in total. The van der Waals surface area contributed by atoms with Gasteiger partial charge in [-0.3, -0.25) is 29.0 Å². The van der Waals surface area contributed by atoms with Crippen molar-refractivity contribution < 1.29 is 37.5 Å². The molecule has 2 aromatic heterocycles. The molecule has 6 rings (SSSR count). The number of aromatic hydroxyl groups is 1. The first kappa shape index (κ1) is 28.4. The zero-order valence-electron chi connectivity index (χ0n) is 22.8. The Labute approximate surface area is 242 Å². The van der Waals surface area contributed by atoms with Gasteiger partial charge >= 0.3 is 0 Å². The maximum Gasteiger partial charge on any atom is 0.274 e. The molecule has 0 radical (unpaired) electrons. The summed E-state index contributed by atoms with van der Waals surface area (Å²) in [7, 11) is 0. The number of hydrogen-bond acceptors (Lipinski definition) is 7. The Morgan fingerprint density at radius 3 is 2.63 bits per heavy atom. The normalized spacial score (nSPS) is 23.0. The Bertz CT molecular complexity index is 1690. The van der Waals surface area contributed by atoms with Crippen LogP contribution >= 0.6 is 0 Å². The number of hydrogen-bond donors (Lipinski definition) is 2. The van der Waals surface area contributed by atoms with Crippen LogP contribution in [0.15, 0.2) is 47.5 Å². The van der Waals surface area contributed by atoms with Crippen LogP contribution in [-0.4, -0.2) is 60.5 Å². The molecule has 224 valence electrons. The van der Waals surface area contributed by atoms with Crippen molar-refractivity contribution in [3.8, 4) is 5.75 Å². The first-order valence-electron chi connectivity index (χ1n) is 13.6. The monoisotopic (exact) mass is 597 g/mol. The van der Waals surface area contributed by atoms with E-state index in [0.717, 1.165) is 6.20 Å². The van der Waals surface area contributed by atoms with Crippen LogP contribution in [0, 0.1) is 17.5 Å². The Hall–Kier alpha value is -4.72. The van der Waals surface area contributed by atoms with Gasteiger partial charge in [0.1, 0.15) is 28.6 Å². The molecule has 3 amide bonds. The van der Waals surface area contributed by atoms with E-state index in [1.807, 2.05) is 6.92 Å². The summed E-state index contributed by atoms with van der Waals surface area (Å²) in [6.07, 6.45) is 3.40. The predicted molar refractivity (Wildman–Crippen MR) is 142 cm³/mol. The number of nitrogens with zero attached hydrogens (tertiary/aromatic N) is 4. The molecule has 1 aromatic carbocycles. The molecular weight excluding hydrogens is 571 g/mol. The lowest BCUT2D eigenvalue weighted by atomic mass is 9.85. The second kappa shape index (κ2) is 10.5. The highest BCUT2D eigenvalue weighted by Gasteiger charge is 2.56. The van der Waals surface area contributed by atoms with Gasteiger partial charge in [-0.25, -0.2) is 18.2 Å². The van der Waals surface area contributed by atoms with Crippen molar-refractivity contribution >= 4 is 17.7 Å². The third-order valence-corrected chi connectivity index (χ3v) is 8.33. The lowest BCUT2D eigenvalue weighted by Gasteiger charge is -2.42. The Kier molecular flexibility index (Phi) is 6.95. The minimum atomic E-state index is -1.23. The Balaban J connectivity index is 1.37. The number of benzene rings is 1. The topological polar surface area (TPSA) is 134 Å².